The number of esters is 1. The van der Waals surface area contributed by atoms with Crippen LogP contribution in [-0.4, -0.2) is 5.97 Å². The van der Waals surface area contributed by atoms with Gasteiger partial charge in [0.15, 0.2) is 0 Å². The van der Waals surface area contributed by atoms with Crippen molar-refractivity contribution in [1.29, 1.82) is 0 Å². The maximum Gasteiger partial charge on any atom is 0.311 e. The van der Waals surface area contributed by atoms with Crippen LogP contribution in [0.3, 0.4) is 0 Å². The number of carbonyl (C=O) groups is 1. The Morgan fingerprint density at radius 2 is 1.74 bits per heavy atom. The molecule has 0 aromatic heterocycles. The standard InChI is InChI=1S/C25H26O2/c1-2-3-4-5-6-10-25(26)27-20-13-16-22-19(17-20)12-15-23-21-9-7-8-18(21)11-14-24(22)23/h7-8,11-17H,2-6,9-10H2,1H3. The van der Waals surface area contributed by atoms with Gasteiger partial charge in [0.05, 0.1) is 0 Å². The van der Waals surface area contributed by atoms with Crippen molar-refractivity contribution in [3.63, 3.8) is 0 Å². The summed E-state index contributed by atoms with van der Waals surface area (Å²) in [5, 5.41) is 4.91. The van der Waals surface area contributed by atoms with Gasteiger partial charge in [-0.25, -0.2) is 0 Å². The van der Waals surface area contributed by atoms with Crippen LogP contribution >= 0.6 is 0 Å². The zero-order valence-electron chi connectivity index (χ0n) is 16.0. The minimum atomic E-state index is -0.129. The van der Waals surface area contributed by atoms with Gasteiger partial charge in [-0.15, -0.1) is 0 Å². The lowest BCUT2D eigenvalue weighted by atomic mass is 9.96. The Morgan fingerprint density at radius 3 is 2.63 bits per heavy atom. The molecule has 0 amide bonds. The molecule has 2 nitrogen and oxygen atoms in total. The molecule has 2 heteroatoms. The van der Waals surface area contributed by atoms with Gasteiger partial charge >= 0.3 is 5.97 Å². The van der Waals surface area contributed by atoms with E-state index in [1.165, 1.54) is 46.5 Å². The quantitative estimate of drug-likeness (QED) is 0.200. The highest BCUT2D eigenvalue weighted by atomic mass is 16.5. The monoisotopic (exact) mass is 358 g/mol. The van der Waals surface area contributed by atoms with Crippen LogP contribution in [0.15, 0.2) is 48.5 Å². The van der Waals surface area contributed by atoms with Crippen molar-refractivity contribution in [2.45, 2.75) is 51.9 Å². The van der Waals surface area contributed by atoms with Crippen LogP contribution < -0.4 is 4.74 Å². The molecule has 3 aromatic carbocycles. The van der Waals surface area contributed by atoms with Gasteiger partial charge in [-0.1, -0.05) is 75.1 Å². The third-order valence-electron chi connectivity index (χ3n) is 5.47. The third kappa shape index (κ3) is 3.75. The second-order valence-corrected chi connectivity index (χ2v) is 7.42. The van der Waals surface area contributed by atoms with Crippen molar-refractivity contribution in [3.05, 3.63) is 59.7 Å². The van der Waals surface area contributed by atoms with E-state index in [0.717, 1.165) is 24.6 Å². The van der Waals surface area contributed by atoms with Crippen LogP contribution in [-0.2, 0) is 11.2 Å². The lowest BCUT2D eigenvalue weighted by Crippen LogP contribution is -2.07. The van der Waals surface area contributed by atoms with E-state index in [1.807, 2.05) is 12.1 Å². The zero-order valence-corrected chi connectivity index (χ0v) is 16.0. The summed E-state index contributed by atoms with van der Waals surface area (Å²) in [7, 11) is 0. The first-order valence-electron chi connectivity index (χ1n) is 10.1. The molecule has 0 unspecified atom stereocenters. The Hall–Kier alpha value is -2.61. The molecule has 0 atom stereocenters. The molecule has 0 bridgehead atoms. The fraction of sp³-hybridized carbons (Fsp3) is 0.320. The largest absolute Gasteiger partial charge is 0.427 e. The van der Waals surface area contributed by atoms with Crippen molar-refractivity contribution >= 4 is 33.6 Å². The second kappa shape index (κ2) is 7.96. The van der Waals surface area contributed by atoms with E-state index in [0.29, 0.717) is 12.2 Å². The summed E-state index contributed by atoms with van der Waals surface area (Å²) in [4.78, 5) is 12.1. The first-order valence-corrected chi connectivity index (χ1v) is 10.1. The number of benzene rings is 3. The van der Waals surface area contributed by atoms with Crippen molar-refractivity contribution in [3.8, 4) is 5.75 Å². The SMILES string of the molecule is CCCCCCCC(=O)Oc1ccc2c(ccc3c4c(ccc32)C=CC4)c1. The fourth-order valence-corrected chi connectivity index (χ4v) is 4.01. The van der Waals surface area contributed by atoms with Gasteiger partial charge in [-0.3, -0.25) is 4.79 Å². The molecule has 0 spiro atoms. The lowest BCUT2D eigenvalue weighted by molar-refractivity contribution is -0.134. The first kappa shape index (κ1) is 17.8. The van der Waals surface area contributed by atoms with Crippen molar-refractivity contribution in [1.82, 2.24) is 0 Å². The topological polar surface area (TPSA) is 26.3 Å². The van der Waals surface area contributed by atoms with E-state index < -0.39 is 0 Å². The molecule has 0 saturated heterocycles. The van der Waals surface area contributed by atoms with Gasteiger partial charge in [-0.05, 0) is 57.6 Å². The van der Waals surface area contributed by atoms with Crippen LogP contribution in [0.5, 0.6) is 5.75 Å². The van der Waals surface area contributed by atoms with Gasteiger partial charge in [0.25, 0.3) is 0 Å². The van der Waals surface area contributed by atoms with Crippen molar-refractivity contribution in [2.24, 2.45) is 0 Å². The van der Waals surface area contributed by atoms with E-state index in [4.69, 9.17) is 4.74 Å². The maximum absolute atomic E-state index is 12.1. The van der Waals surface area contributed by atoms with Crippen LogP contribution in [0.25, 0.3) is 27.6 Å². The number of carbonyl (C=O) groups excluding carboxylic acids is 1. The summed E-state index contributed by atoms with van der Waals surface area (Å²) in [5.41, 5.74) is 2.74. The summed E-state index contributed by atoms with van der Waals surface area (Å²) in [6, 6.07) is 14.7. The van der Waals surface area contributed by atoms with Gasteiger partial charge < -0.3 is 4.74 Å². The Kier molecular flexibility index (Phi) is 5.24. The number of rotatable bonds is 7. The van der Waals surface area contributed by atoms with E-state index in [2.05, 4.69) is 49.4 Å². The molecular weight excluding hydrogens is 332 g/mol. The molecule has 0 heterocycles. The summed E-state index contributed by atoms with van der Waals surface area (Å²) in [5.74, 6) is 0.513. The zero-order chi connectivity index (χ0) is 18.6. The number of fused-ring (bicyclic) bond motifs is 5. The first-order chi connectivity index (χ1) is 13.3. The Morgan fingerprint density at radius 1 is 0.926 bits per heavy atom. The molecule has 27 heavy (non-hydrogen) atoms. The molecule has 0 fully saturated rings. The average molecular weight is 358 g/mol. The maximum atomic E-state index is 12.1. The minimum absolute atomic E-state index is 0.129. The molecule has 1 aliphatic carbocycles. The van der Waals surface area contributed by atoms with Gasteiger partial charge in [-0.2, -0.15) is 0 Å². The van der Waals surface area contributed by atoms with Gasteiger partial charge in [0.1, 0.15) is 5.75 Å². The lowest BCUT2D eigenvalue weighted by Gasteiger charge is -2.10. The normalized spacial score (nSPS) is 12.6. The van der Waals surface area contributed by atoms with E-state index in [9.17, 15) is 4.79 Å². The molecule has 0 aliphatic heterocycles. The summed E-state index contributed by atoms with van der Waals surface area (Å²) in [6.45, 7) is 2.20. The van der Waals surface area contributed by atoms with E-state index in [-0.39, 0.29) is 5.97 Å². The summed E-state index contributed by atoms with van der Waals surface area (Å²) < 4.78 is 5.57. The second-order valence-electron chi connectivity index (χ2n) is 7.42. The molecule has 0 saturated carbocycles. The number of allylic oxidation sites excluding steroid dienone is 1. The number of hydrogen-bond acceptors (Lipinski definition) is 2. The van der Waals surface area contributed by atoms with Crippen molar-refractivity contribution < 1.29 is 9.53 Å². The molecule has 138 valence electrons. The van der Waals surface area contributed by atoms with Crippen LogP contribution in [0.4, 0.5) is 0 Å². The van der Waals surface area contributed by atoms with Crippen LogP contribution in [0.2, 0.25) is 0 Å². The van der Waals surface area contributed by atoms with Crippen LogP contribution in [0.1, 0.15) is 56.6 Å². The molecule has 3 aromatic rings. The predicted molar refractivity (Wildman–Crippen MR) is 113 cm³/mol. The molecule has 1 aliphatic rings. The minimum Gasteiger partial charge on any atom is -0.427 e. The van der Waals surface area contributed by atoms with Crippen LogP contribution in [0, 0.1) is 0 Å². The fourth-order valence-electron chi connectivity index (χ4n) is 4.01. The van der Waals surface area contributed by atoms with Gasteiger partial charge in [0.2, 0.25) is 0 Å². The number of hydrogen-bond donors (Lipinski definition) is 0. The highest BCUT2D eigenvalue weighted by Gasteiger charge is 2.12. The number of ether oxygens (including phenoxy) is 1. The highest BCUT2D eigenvalue weighted by molar-refractivity contribution is 6.09. The predicted octanol–water partition coefficient (Wildman–Crippen LogP) is 6.83. The Balaban J connectivity index is 1.50. The highest BCUT2D eigenvalue weighted by Crippen LogP contribution is 2.34. The smallest absolute Gasteiger partial charge is 0.311 e. The molecular formula is C25H26O2. The molecule has 0 N–H and O–H groups in total. The number of unbranched alkanes of at least 4 members (excludes halogenated alkanes) is 4. The molecule has 0 radical (unpaired) electrons. The average Bonchev–Trinajstić information content (AvgIpc) is 3.16. The molecule has 4 rings (SSSR count). The van der Waals surface area contributed by atoms with E-state index in [1.54, 1.807) is 0 Å². The Bertz CT molecular complexity index is 1010. The third-order valence-corrected chi connectivity index (χ3v) is 5.47. The Labute approximate surface area is 160 Å². The van der Waals surface area contributed by atoms with Crippen molar-refractivity contribution in [2.75, 3.05) is 0 Å². The summed E-state index contributed by atoms with van der Waals surface area (Å²) in [6.07, 6.45) is 11.6. The summed E-state index contributed by atoms with van der Waals surface area (Å²) >= 11 is 0. The van der Waals surface area contributed by atoms with Gasteiger partial charge in [0, 0.05) is 6.42 Å². The van der Waals surface area contributed by atoms with E-state index >= 15 is 0 Å².